The van der Waals surface area contributed by atoms with Gasteiger partial charge in [0.05, 0.1) is 11.2 Å². The summed E-state index contributed by atoms with van der Waals surface area (Å²) in [6, 6.07) is 35.9. The van der Waals surface area contributed by atoms with E-state index in [1.807, 2.05) is 72.8 Å². The molecule has 0 heterocycles. The van der Waals surface area contributed by atoms with Crippen molar-refractivity contribution in [2.75, 3.05) is 0 Å². The minimum atomic E-state index is -3.46. The van der Waals surface area contributed by atoms with E-state index in [2.05, 4.69) is 0 Å². The monoisotopic (exact) mass is 600 g/mol. The second kappa shape index (κ2) is 15.7. The van der Waals surface area contributed by atoms with Gasteiger partial charge in [0.2, 0.25) is 0 Å². The van der Waals surface area contributed by atoms with E-state index in [-0.39, 0.29) is 0 Å². The summed E-state index contributed by atoms with van der Waals surface area (Å²) in [4.78, 5) is 40.6. The maximum atomic E-state index is 10.2. The standard InChI is InChI=1S/2C12H13O2P.C9H20O2/c2*13-15(14,11-7-3-1-4-8-11)12-9-5-2-6-10-12;1-8(2,10)6-5-7-9(3,4)11/h2*1-10,13-15H;10-11H,5-7H2,1-4H3. The molecule has 0 saturated heterocycles. The Morgan fingerprint density at radius 2 is 0.610 bits per heavy atom. The van der Waals surface area contributed by atoms with Crippen LogP contribution in [0.25, 0.3) is 0 Å². The van der Waals surface area contributed by atoms with Crippen LogP contribution in [0.4, 0.5) is 0 Å². The molecule has 0 unspecified atom stereocenters. The van der Waals surface area contributed by atoms with Gasteiger partial charge in [0.25, 0.3) is 0 Å². The van der Waals surface area contributed by atoms with Crippen molar-refractivity contribution in [3.05, 3.63) is 121 Å². The van der Waals surface area contributed by atoms with Gasteiger partial charge in [-0.3, -0.25) is 0 Å². The van der Waals surface area contributed by atoms with Crippen molar-refractivity contribution in [1.82, 2.24) is 0 Å². The van der Waals surface area contributed by atoms with Crippen LogP contribution in [-0.4, -0.2) is 41.0 Å². The topological polar surface area (TPSA) is 121 Å². The first-order valence-electron chi connectivity index (χ1n) is 13.7. The first-order chi connectivity index (χ1) is 19.1. The summed E-state index contributed by atoms with van der Waals surface area (Å²) >= 11 is 0. The Labute approximate surface area is 245 Å². The van der Waals surface area contributed by atoms with Crippen molar-refractivity contribution < 1.29 is 29.8 Å². The molecule has 4 aromatic carbocycles. The summed E-state index contributed by atoms with van der Waals surface area (Å²) in [6.07, 6.45) is 2.36. The first kappa shape index (κ1) is 34.7. The molecule has 0 aromatic heterocycles. The zero-order chi connectivity index (χ0) is 30.6. The predicted molar refractivity (Wildman–Crippen MR) is 176 cm³/mol. The van der Waals surface area contributed by atoms with Crippen LogP contribution in [0.1, 0.15) is 47.0 Å². The molecule has 6 nitrogen and oxygen atoms in total. The van der Waals surface area contributed by atoms with Gasteiger partial charge in [-0.25, -0.2) is 0 Å². The van der Waals surface area contributed by atoms with E-state index in [1.165, 1.54) is 0 Å². The number of benzene rings is 4. The van der Waals surface area contributed by atoms with Crippen LogP contribution in [0, 0.1) is 0 Å². The molecule has 0 spiro atoms. The van der Waals surface area contributed by atoms with Crippen LogP contribution >= 0.6 is 15.4 Å². The van der Waals surface area contributed by atoms with Crippen LogP contribution in [0.5, 0.6) is 0 Å². The van der Waals surface area contributed by atoms with Gasteiger partial charge in [0.15, 0.2) is 0 Å². The molecular formula is C33H46O6P2. The van der Waals surface area contributed by atoms with E-state index in [0.717, 1.165) is 19.3 Å². The maximum absolute atomic E-state index is 10.2. The molecule has 0 atom stereocenters. The summed E-state index contributed by atoms with van der Waals surface area (Å²) in [5.41, 5.74) is -1.18. The van der Waals surface area contributed by atoms with Crippen LogP contribution < -0.4 is 21.2 Å². The number of hydrogen-bond donors (Lipinski definition) is 6. The zero-order valence-corrected chi connectivity index (χ0v) is 26.4. The summed E-state index contributed by atoms with van der Waals surface area (Å²) in [5, 5.41) is 21.1. The fourth-order valence-corrected chi connectivity index (χ4v) is 7.26. The van der Waals surface area contributed by atoms with Crippen molar-refractivity contribution in [2.24, 2.45) is 0 Å². The molecule has 224 valence electrons. The molecule has 4 rings (SSSR count). The molecule has 4 aromatic rings. The Balaban J connectivity index is 0.000000219. The number of hydrogen-bond acceptors (Lipinski definition) is 6. The molecule has 0 aliphatic carbocycles. The Morgan fingerprint density at radius 1 is 0.415 bits per heavy atom. The zero-order valence-electron chi connectivity index (χ0n) is 24.4. The van der Waals surface area contributed by atoms with E-state index in [0.29, 0.717) is 21.2 Å². The minimum absolute atomic E-state index is 0.592. The number of rotatable bonds is 8. The average molecular weight is 601 g/mol. The molecule has 6 N–H and O–H groups in total. The van der Waals surface area contributed by atoms with Crippen molar-refractivity contribution in [1.29, 1.82) is 0 Å². The fourth-order valence-electron chi connectivity index (χ4n) is 3.97. The molecule has 0 radical (unpaired) electrons. The molecule has 0 bridgehead atoms. The quantitative estimate of drug-likeness (QED) is 0.170. The van der Waals surface area contributed by atoms with E-state index in [9.17, 15) is 29.8 Å². The Morgan fingerprint density at radius 3 is 0.780 bits per heavy atom. The van der Waals surface area contributed by atoms with E-state index in [1.54, 1.807) is 76.2 Å². The van der Waals surface area contributed by atoms with Gasteiger partial charge in [-0.15, -0.1) is 0 Å². The molecule has 0 amide bonds. The molecule has 0 fully saturated rings. The summed E-state index contributed by atoms with van der Waals surface area (Å²) in [5.74, 6) is 0. The third kappa shape index (κ3) is 12.5. The molecule has 0 aliphatic heterocycles. The van der Waals surface area contributed by atoms with Gasteiger partial charge < -0.3 is 10.2 Å². The summed E-state index contributed by atoms with van der Waals surface area (Å²) in [7, 11) is -6.91. The van der Waals surface area contributed by atoms with E-state index >= 15 is 0 Å². The Bertz CT molecular complexity index is 1070. The summed E-state index contributed by atoms with van der Waals surface area (Å²) < 4.78 is 0. The van der Waals surface area contributed by atoms with Crippen LogP contribution in [0.15, 0.2) is 121 Å². The van der Waals surface area contributed by atoms with E-state index < -0.39 is 26.6 Å². The van der Waals surface area contributed by atoms with Crippen LogP contribution in [0.3, 0.4) is 0 Å². The number of aliphatic hydroxyl groups is 2. The van der Waals surface area contributed by atoms with Crippen molar-refractivity contribution in [3.8, 4) is 0 Å². The average Bonchev–Trinajstić information content (AvgIpc) is 2.94. The SMILES string of the molecule is CC(C)(O)CCCC(C)(C)O.O[PH](O)(c1ccccc1)c1ccccc1.O[PH](O)(c1ccccc1)c1ccccc1. The van der Waals surface area contributed by atoms with Gasteiger partial charge in [0.1, 0.15) is 0 Å². The Hall–Kier alpha value is -2.50. The van der Waals surface area contributed by atoms with Crippen molar-refractivity contribution >= 4 is 36.7 Å². The molecule has 0 saturated carbocycles. The second-order valence-corrected chi connectivity index (χ2v) is 16.3. The first-order valence-corrected chi connectivity index (χ1v) is 17.5. The molecule has 0 aliphatic rings. The van der Waals surface area contributed by atoms with Gasteiger partial charge in [-0.05, 0) is 47.0 Å². The molecular weight excluding hydrogens is 554 g/mol. The van der Waals surface area contributed by atoms with Crippen LogP contribution in [-0.2, 0) is 0 Å². The normalized spacial score (nSPS) is 12.7. The van der Waals surface area contributed by atoms with Crippen molar-refractivity contribution in [2.45, 2.75) is 58.2 Å². The fraction of sp³-hybridized carbons (Fsp3) is 0.273. The van der Waals surface area contributed by atoms with E-state index in [4.69, 9.17) is 0 Å². The van der Waals surface area contributed by atoms with Crippen molar-refractivity contribution in [3.63, 3.8) is 0 Å². The second-order valence-electron chi connectivity index (χ2n) is 11.3. The van der Waals surface area contributed by atoms with Gasteiger partial charge >= 0.3 is 178 Å². The third-order valence-electron chi connectivity index (χ3n) is 6.28. The van der Waals surface area contributed by atoms with Gasteiger partial charge in [-0.1, -0.05) is 0 Å². The molecule has 8 heteroatoms. The predicted octanol–water partition coefficient (Wildman–Crippen LogP) is 4.10. The van der Waals surface area contributed by atoms with Crippen LogP contribution in [0.2, 0.25) is 0 Å². The van der Waals surface area contributed by atoms with Gasteiger partial charge in [0, 0.05) is 0 Å². The summed E-state index contributed by atoms with van der Waals surface area (Å²) in [6.45, 7) is 7.16. The molecule has 41 heavy (non-hydrogen) atoms. The third-order valence-corrected chi connectivity index (χ3v) is 10.8. The van der Waals surface area contributed by atoms with Gasteiger partial charge in [-0.2, -0.15) is 0 Å². The Kier molecular flexibility index (Phi) is 13.2.